The van der Waals surface area contributed by atoms with Crippen LogP contribution in [0.25, 0.3) is 22.5 Å². The number of aryl methyl sites for hydroxylation is 1. The number of nitrogens with one attached hydrogen (secondary N) is 1. The first-order valence-electron chi connectivity index (χ1n) is 10.9. The Morgan fingerprint density at radius 2 is 1.73 bits per heavy atom. The van der Waals surface area contributed by atoms with Crippen molar-refractivity contribution in [3.05, 3.63) is 89.5 Å². The molecule has 7 nitrogen and oxygen atoms in total. The Kier molecular flexibility index (Phi) is 6.80. The van der Waals surface area contributed by atoms with Crippen molar-refractivity contribution < 1.29 is 27.2 Å². The fraction of sp³-hybridized carbons (Fsp3) is 0.154. The number of benzene rings is 2. The molecule has 0 spiro atoms. The molecule has 0 aliphatic carbocycles. The quantitative estimate of drug-likeness (QED) is 0.371. The molecule has 2 heterocycles. The number of hydrogen-bond donors (Lipinski definition) is 1. The third kappa shape index (κ3) is 5.35. The zero-order valence-corrected chi connectivity index (χ0v) is 20.0. The molecule has 0 atom stereocenters. The van der Waals surface area contributed by atoms with Crippen molar-refractivity contribution >= 4 is 17.5 Å². The summed E-state index contributed by atoms with van der Waals surface area (Å²) in [6.07, 6.45) is -2.10. The second kappa shape index (κ2) is 9.84. The van der Waals surface area contributed by atoms with Gasteiger partial charge in [-0.25, -0.2) is 4.39 Å². The molecule has 0 aliphatic heterocycles. The summed E-state index contributed by atoms with van der Waals surface area (Å²) in [5.41, 5.74) is -1.27. The minimum atomic E-state index is -4.88. The minimum absolute atomic E-state index is 0.0749. The maximum atomic E-state index is 14.9. The summed E-state index contributed by atoms with van der Waals surface area (Å²) in [4.78, 5) is 31.3. The maximum Gasteiger partial charge on any atom is 0.417 e. The van der Waals surface area contributed by atoms with Crippen molar-refractivity contribution in [2.75, 3.05) is 19.4 Å². The van der Waals surface area contributed by atoms with E-state index in [1.165, 1.54) is 41.2 Å². The summed E-state index contributed by atoms with van der Waals surface area (Å²) in [5, 5.41) is 6.50. The molecule has 2 aromatic carbocycles. The van der Waals surface area contributed by atoms with E-state index in [1.807, 2.05) is 0 Å². The van der Waals surface area contributed by atoms with Gasteiger partial charge in [-0.2, -0.15) is 18.3 Å². The Morgan fingerprint density at radius 3 is 2.32 bits per heavy atom. The van der Waals surface area contributed by atoms with Crippen molar-refractivity contribution in [1.29, 1.82) is 0 Å². The van der Waals surface area contributed by atoms with Gasteiger partial charge >= 0.3 is 6.18 Å². The van der Waals surface area contributed by atoms with Crippen molar-refractivity contribution in [2.24, 2.45) is 7.05 Å². The molecule has 0 saturated carbocycles. The van der Waals surface area contributed by atoms with E-state index in [2.05, 4.69) is 15.4 Å². The lowest BCUT2D eigenvalue weighted by Crippen LogP contribution is -2.22. The zero-order valence-electron chi connectivity index (χ0n) is 20.0. The van der Waals surface area contributed by atoms with E-state index in [0.717, 1.165) is 6.07 Å². The molecule has 0 bridgehead atoms. The van der Waals surface area contributed by atoms with E-state index < -0.39 is 34.6 Å². The number of nitrogens with zero attached hydrogens (tertiary/aromatic N) is 4. The lowest BCUT2D eigenvalue weighted by Gasteiger charge is -2.16. The van der Waals surface area contributed by atoms with Gasteiger partial charge in [0.1, 0.15) is 5.82 Å². The summed E-state index contributed by atoms with van der Waals surface area (Å²) < 4.78 is 57.2. The molecule has 4 rings (SSSR count). The molecular weight excluding hydrogens is 490 g/mol. The molecule has 0 saturated heterocycles. The van der Waals surface area contributed by atoms with Gasteiger partial charge in [-0.1, -0.05) is 30.3 Å². The van der Waals surface area contributed by atoms with Crippen LogP contribution in [0, 0.1) is 5.82 Å². The van der Waals surface area contributed by atoms with Gasteiger partial charge in [0, 0.05) is 44.7 Å². The number of anilines is 1. The topological polar surface area (TPSA) is 80.1 Å². The number of amides is 2. The van der Waals surface area contributed by atoms with Crippen LogP contribution in [-0.4, -0.2) is 45.6 Å². The molecule has 2 amide bonds. The van der Waals surface area contributed by atoms with Gasteiger partial charge in [-0.15, -0.1) is 0 Å². The van der Waals surface area contributed by atoms with Crippen LogP contribution >= 0.6 is 0 Å². The highest BCUT2D eigenvalue weighted by molar-refractivity contribution is 6.07. The van der Waals surface area contributed by atoms with E-state index in [1.54, 1.807) is 44.4 Å². The van der Waals surface area contributed by atoms with Crippen LogP contribution in [0.3, 0.4) is 0 Å². The average Bonchev–Trinajstić information content (AvgIpc) is 3.29. The van der Waals surface area contributed by atoms with Gasteiger partial charge in [0.25, 0.3) is 11.8 Å². The van der Waals surface area contributed by atoms with Crippen LogP contribution in [-0.2, 0) is 13.2 Å². The average molecular weight is 511 g/mol. The van der Waals surface area contributed by atoms with E-state index in [0.29, 0.717) is 11.3 Å². The van der Waals surface area contributed by atoms with Crippen LogP contribution < -0.4 is 5.32 Å². The molecule has 4 aromatic rings. The molecule has 2 aromatic heterocycles. The van der Waals surface area contributed by atoms with Crippen molar-refractivity contribution in [3.8, 4) is 22.5 Å². The Balaban J connectivity index is 1.81. The number of carbonyl (C=O) groups is 2. The number of alkyl halides is 3. The summed E-state index contributed by atoms with van der Waals surface area (Å²) in [7, 11) is 4.61. The monoisotopic (exact) mass is 511 g/mol. The molecular formula is C26H21F4N5O2. The number of carbonyl (C=O) groups excluding carboxylic acids is 2. The second-order valence-electron chi connectivity index (χ2n) is 8.39. The van der Waals surface area contributed by atoms with Gasteiger partial charge < -0.3 is 10.2 Å². The third-order valence-corrected chi connectivity index (χ3v) is 5.48. The molecule has 1 N–H and O–H groups in total. The molecule has 11 heteroatoms. The molecule has 0 aliphatic rings. The summed E-state index contributed by atoms with van der Waals surface area (Å²) >= 11 is 0. The number of hydrogen-bond acceptors (Lipinski definition) is 4. The standard InChI is InChI=1S/C26H21F4N5O2/c1-34(2)25(37)16-11-22(23(31-14-16)15-7-5-4-6-8-15)32-24(36)18-12-17(21-9-10-35(3)33-21)19(13-20(18)27)26(28,29)30/h4-14H,1-3H3,(H,32,36). The first-order valence-corrected chi connectivity index (χ1v) is 10.9. The summed E-state index contributed by atoms with van der Waals surface area (Å²) in [5.74, 6) is -2.77. The molecule has 190 valence electrons. The highest BCUT2D eigenvalue weighted by atomic mass is 19.4. The van der Waals surface area contributed by atoms with E-state index >= 15 is 0 Å². The third-order valence-electron chi connectivity index (χ3n) is 5.48. The van der Waals surface area contributed by atoms with Crippen LogP contribution in [0.2, 0.25) is 0 Å². The molecule has 0 unspecified atom stereocenters. The van der Waals surface area contributed by atoms with E-state index in [-0.39, 0.29) is 28.9 Å². The van der Waals surface area contributed by atoms with Crippen LogP contribution in [0.15, 0.2) is 67.0 Å². The number of halogens is 4. The van der Waals surface area contributed by atoms with Crippen molar-refractivity contribution in [2.45, 2.75) is 6.18 Å². The first kappa shape index (κ1) is 25.5. The van der Waals surface area contributed by atoms with E-state index in [9.17, 15) is 27.2 Å². The Bertz CT molecular complexity index is 1480. The predicted octanol–water partition coefficient (Wildman–Crippen LogP) is 5.26. The summed E-state index contributed by atoms with van der Waals surface area (Å²) in [6.45, 7) is 0. The lowest BCUT2D eigenvalue weighted by molar-refractivity contribution is -0.137. The second-order valence-corrected chi connectivity index (χ2v) is 8.39. The van der Waals surface area contributed by atoms with Gasteiger partial charge in [0.05, 0.1) is 33.8 Å². The van der Waals surface area contributed by atoms with Crippen molar-refractivity contribution in [3.63, 3.8) is 0 Å². The van der Waals surface area contributed by atoms with Crippen LogP contribution in [0.5, 0.6) is 0 Å². The lowest BCUT2D eigenvalue weighted by atomic mass is 9.99. The Hall–Kier alpha value is -4.54. The summed E-state index contributed by atoms with van der Waals surface area (Å²) in [6, 6.07) is 12.5. The normalized spacial score (nSPS) is 11.3. The largest absolute Gasteiger partial charge is 0.417 e. The van der Waals surface area contributed by atoms with Crippen molar-refractivity contribution in [1.82, 2.24) is 19.7 Å². The maximum absolute atomic E-state index is 14.9. The predicted molar refractivity (Wildman–Crippen MR) is 129 cm³/mol. The van der Waals surface area contributed by atoms with Gasteiger partial charge in [-0.05, 0) is 24.3 Å². The Morgan fingerprint density at radius 1 is 1.03 bits per heavy atom. The van der Waals surface area contributed by atoms with E-state index in [4.69, 9.17) is 0 Å². The van der Waals surface area contributed by atoms with Gasteiger partial charge in [-0.3, -0.25) is 19.3 Å². The first-order chi connectivity index (χ1) is 17.5. The fourth-order valence-corrected chi connectivity index (χ4v) is 3.70. The van der Waals surface area contributed by atoms with Gasteiger partial charge in [0.2, 0.25) is 0 Å². The van der Waals surface area contributed by atoms with Gasteiger partial charge in [0.15, 0.2) is 0 Å². The number of rotatable bonds is 5. The Labute approximate surface area is 209 Å². The highest BCUT2D eigenvalue weighted by Gasteiger charge is 2.36. The zero-order chi connectivity index (χ0) is 26.9. The van der Waals surface area contributed by atoms with Crippen LogP contribution in [0.4, 0.5) is 23.2 Å². The fourth-order valence-electron chi connectivity index (χ4n) is 3.70. The molecule has 0 fully saturated rings. The number of pyridine rings is 1. The SMILES string of the molecule is CN(C)C(=O)c1cnc(-c2ccccc2)c(NC(=O)c2cc(-c3ccn(C)n3)c(C(F)(F)F)cc2F)c1. The van der Waals surface area contributed by atoms with Crippen LogP contribution in [0.1, 0.15) is 26.3 Å². The smallest absolute Gasteiger partial charge is 0.345 e. The minimum Gasteiger partial charge on any atom is -0.345 e. The molecule has 37 heavy (non-hydrogen) atoms. The molecule has 0 radical (unpaired) electrons. The highest BCUT2D eigenvalue weighted by Crippen LogP contribution is 2.38. The number of aromatic nitrogens is 3.